The van der Waals surface area contributed by atoms with Crippen molar-refractivity contribution < 1.29 is 14.1 Å². The maximum absolute atomic E-state index is 11.5. The van der Waals surface area contributed by atoms with Crippen molar-refractivity contribution in [2.24, 2.45) is 0 Å². The highest BCUT2D eigenvalue weighted by molar-refractivity contribution is 5.88. The van der Waals surface area contributed by atoms with Gasteiger partial charge in [0.15, 0.2) is 11.5 Å². The van der Waals surface area contributed by atoms with Crippen molar-refractivity contribution in [2.45, 2.75) is 58.3 Å². The second kappa shape index (κ2) is 6.42. The zero-order chi connectivity index (χ0) is 19.1. The molecular weight excluding hydrogens is 326 g/mol. The van der Waals surface area contributed by atoms with Gasteiger partial charge in [0.2, 0.25) is 0 Å². The molecule has 1 aliphatic rings. The van der Waals surface area contributed by atoms with Crippen molar-refractivity contribution in [3.05, 3.63) is 52.4 Å². The van der Waals surface area contributed by atoms with Crippen LogP contribution in [0.3, 0.4) is 0 Å². The first-order valence-corrected chi connectivity index (χ1v) is 9.03. The molecule has 0 saturated heterocycles. The first-order valence-electron chi connectivity index (χ1n) is 9.03. The quantitative estimate of drug-likeness (QED) is 0.696. The van der Waals surface area contributed by atoms with Crippen LogP contribution in [0.2, 0.25) is 0 Å². The molecule has 3 rings (SSSR count). The summed E-state index contributed by atoms with van der Waals surface area (Å²) in [5.74, 6) is 0.0454. The fourth-order valence-corrected chi connectivity index (χ4v) is 3.69. The molecule has 1 heterocycles. The van der Waals surface area contributed by atoms with E-state index in [1.807, 2.05) is 13.0 Å². The van der Waals surface area contributed by atoms with Crippen LogP contribution in [-0.4, -0.2) is 18.2 Å². The summed E-state index contributed by atoms with van der Waals surface area (Å²) in [5.41, 5.74) is 5.65. The van der Waals surface area contributed by atoms with Gasteiger partial charge in [0.05, 0.1) is 7.11 Å². The normalized spacial score (nSPS) is 18.3. The number of hydrogen-bond donors (Lipinski definition) is 0. The van der Waals surface area contributed by atoms with Crippen LogP contribution in [0.15, 0.2) is 28.8 Å². The third kappa shape index (κ3) is 3.33. The second-order valence-electron chi connectivity index (χ2n) is 8.46. The molecule has 138 valence electrons. The smallest absolute Gasteiger partial charge is 0.360 e. The van der Waals surface area contributed by atoms with Gasteiger partial charge in [0, 0.05) is 6.07 Å². The molecule has 1 aromatic carbocycles. The molecule has 0 aliphatic heterocycles. The standard InChI is InChI=1S/C22H27NO3/c1-14(11-16-13-19(23-26-16)20(24)25-6)15-7-8-17-18(12-15)22(4,5)10-9-21(17,2)3/h7-8,11-13H,9-10H2,1-6H3/b14-11+. The van der Waals surface area contributed by atoms with Gasteiger partial charge in [-0.1, -0.05) is 51.1 Å². The number of allylic oxidation sites excluding steroid dienone is 1. The molecule has 0 atom stereocenters. The summed E-state index contributed by atoms with van der Waals surface area (Å²) in [6, 6.07) is 8.34. The topological polar surface area (TPSA) is 52.3 Å². The highest BCUT2D eigenvalue weighted by atomic mass is 16.5. The van der Waals surface area contributed by atoms with Crippen LogP contribution >= 0.6 is 0 Å². The Morgan fingerprint density at radius 2 is 1.77 bits per heavy atom. The number of methoxy groups -OCH3 is 1. The van der Waals surface area contributed by atoms with Crippen LogP contribution in [0.5, 0.6) is 0 Å². The molecule has 0 unspecified atom stereocenters. The summed E-state index contributed by atoms with van der Waals surface area (Å²) in [6.45, 7) is 11.3. The lowest BCUT2D eigenvalue weighted by Crippen LogP contribution is -2.33. The van der Waals surface area contributed by atoms with E-state index in [0.717, 1.165) is 11.1 Å². The maximum atomic E-state index is 11.5. The Kier molecular flexibility index (Phi) is 4.55. The van der Waals surface area contributed by atoms with Crippen LogP contribution in [0.4, 0.5) is 0 Å². The van der Waals surface area contributed by atoms with E-state index >= 15 is 0 Å². The molecule has 0 fully saturated rings. The summed E-state index contributed by atoms with van der Waals surface area (Å²) in [4.78, 5) is 11.5. The molecule has 0 bridgehead atoms. The summed E-state index contributed by atoms with van der Waals surface area (Å²) in [7, 11) is 1.33. The van der Waals surface area contributed by atoms with E-state index in [4.69, 9.17) is 4.52 Å². The number of nitrogens with zero attached hydrogens (tertiary/aromatic N) is 1. The van der Waals surface area contributed by atoms with Crippen LogP contribution in [0.1, 0.15) is 80.4 Å². The molecule has 2 aromatic rings. The first-order chi connectivity index (χ1) is 12.1. The predicted octanol–water partition coefficient (Wildman–Crippen LogP) is 5.37. The van der Waals surface area contributed by atoms with E-state index in [1.54, 1.807) is 6.07 Å². The van der Waals surface area contributed by atoms with Gasteiger partial charge < -0.3 is 9.26 Å². The summed E-state index contributed by atoms with van der Waals surface area (Å²) < 4.78 is 9.90. The Labute approximate surface area is 155 Å². The Bertz CT molecular complexity index is 871. The Balaban J connectivity index is 1.97. The van der Waals surface area contributed by atoms with Crippen LogP contribution in [-0.2, 0) is 15.6 Å². The van der Waals surface area contributed by atoms with E-state index in [0.29, 0.717) is 5.76 Å². The number of fused-ring (bicyclic) bond motifs is 1. The van der Waals surface area contributed by atoms with Crippen molar-refractivity contribution in [3.8, 4) is 0 Å². The minimum Gasteiger partial charge on any atom is -0.464 e. The minimum absolute atomic E-state index is 0.172. The molecule has 1 aromatic heterocycles. The zero-order valence-corrected chi connectivity index (χ0v) is 16.5. The average Bonchev–Trinajstić information content (AvgIpc) is 3.06. The van der Waals surface area contributed by atoms with Crippen molar-refractivity contribution in [1.29, 1.82) is 0 Å². The molecular formula is C22H27NO3. The zero-order valence-electron chi connectivity index (χ0n) is 16.5. The van der Waals surface area contributed by atoms with Crippen LogP contribution in [0, 0.1) is 0 Å². The van der Waals surface area contributed by atoms with E-state index < -0.39 is 5.97 Å². The third-order valence-corrected chi connectivity index (χ3v) is 5.59. The van der Waals surface area contributed by atoms with Crippen molar-refractivity contribution >= 4 is 17.6 Å². The Hall–Kier alpha value is -2.36. The molecule has 0 N–H and O–H groups in total. The van der Waals surface area contributed by atoms with Gasteiger partial charge in [-0.2, -0.15) is 0 Å². The monoisotopic (exact) mass is 353 g/mol. The van der Waals surface area contributed by atoms with Crippen LogP contribution in [0.25, 0.3) is 11.6 Å². The van der Waals surface area contributed by atoms with Gasteiger partial charge in [-0.05, 0) is 58.9 Å². The highest BCUT2D eigenvalue weighted by Crippen LogP contribution is 2.46. The lowest BCUT2D eigenvalue weighted by atomic mass is 9.63. The molecule has 4 nitrogen and oxygen atoms in total. The number of carbonyl (C=O) groups excluding carboxylic acids is 1. The molecule has 26 heavy (non-hydrogen) atoms. The molecule has 0 saturated carbocycles. The van der Waals surface area contributed by atoms with Gasteiger partial charge >= 0.3 is 5.97 Å². The second-order valence-corrected chi connectivity index (χ2v) is 8.46. The fourth-order valence-electron chi connectivity index (χ4n) is 3.69. The first kappa shape index (κ1) is 18.4. The van der Waals surface area contributed by atoms with Crippen molar-refractivity contribution in [3.63, 3.8) is 0 Å². The number of esters is 1. The number of benzene rings is 1. The van der Waals surface area contributed by atoms with E-state index in [2.05, 4.69) is 55.8 Å². The van der Waals surface area contributed by atoms with Gasteiger partial charge in [0.25, 0.3) is 0 Å². The molecule has 1 aliphatic carbocycles. The Morgan fingerprint density at radius 3 is 2.42 bits per heavy atom. The van der Waals surface area contributed by atoms with Gasteiger partial charge in [-0.15, -0.1) is 0 Å². The SMILES string of the molecule is COC(=O)c1cc(/C=C(\C)c2ccc3c(c2)C(C)(C)CCC3(C)C)on1. The number of rotatable bonds is 3. The minimum atomic E-state index is -0.496. The third-order valence-electron chi connectivity index (χ3n) is 5.59. The number of hydrogen-bond acceptors (Lipinski definition) is 4. The summed E-state index contributed by atoms with van der Waals surface area (Å²) in [5, 5.41) is 3.75. The summed E-state index contributed by atoms with van der Waals surface area (Å²) in [6.07, 6.45) is 4.29. The van der Waals surface area contributed by atoms with E-state index in [1.165, 1.54) is 31.1 Å². The van der Waals surface area contributed by atoms with Crippen molar-refractivity contribution in [1.82, 2.24) is 5.16 Å². The predicted molar refractivity (Wildman–Crippen MR) is 103 cm³/mol. The maximum Gasteiger partial charge on any atom is 0.360 e. The van der Waals surface area contributed by atoms with Crippen LogP contribution < -0.4 is 0 Å². The largest absolute Gasteiger partial charge is 0.464 e. The fraction of sp³-hybridized carbons (Fsp3) is 0.455. The average molecular weight is 353 g/mol. The lowest BCUT2D eigenvalue weighted by molar-refractivity contribution is 0.0589. The van der Waals surface area contributed by atoms with Gasteiger partial charge in [-0.3, -0.25) is 0 Å². The number of ether oxygens (including phenoxy) is 1. The van der Waals surface area contributed by atoms with Gasteiger partial charge in [0.1, 0.15) is 0 Å². The molecule has 0 radical (unpaired) electrons. The lowest BCUT2D eigenvalue weighted by Gasteiger charge is -2.42. The molecule has 0 amide bonds. The van der Waals surface area contributed by atoms with E-state index in [-0.39, 0.29) is 16.5 Å². The number of aromatic nitrogens is 1. The number of carbonyl (C=O) groups is 1. The van der Waals surface area contributed by atoms with Crippen molar-refractivity contribution in [2.75, 3.05) is 7.11 Å². The Morgan fingerprint density at radius 1 is 1.12 bits per heavy atom. The van der Waals surface area contributed by atoms with E-state index in [9.17, 15) is 4.79 Å². The summed E-state index contributed by atoms with van der Waals surface area (Å²) >= 11 is 0. The van der Waals surface area contributed by atoms with Gasteiger partial charge in [-0.25, -0.2) is 4.79 Å². The molecule has 4 heteroatoms. The highest BCUT2D eigenvalue weighted by Gasteiger charge is 2.36. The molecule has 0 spiro atoms.